The molecule has 0 radical (unpaired) electrons. The highest BCUT2D eigenvalue weighted by molar-refractivity contribution is 7.07. The number of esters is 1. The van der Waals surface area contributed by atoms with E-state index in [0.717, 1.165) is 39.0 Å². The zero-order valence-corrected chi connectivity index (χ0v) is 25.3. The van der Waals surface area contributed by atoms with Crippen molar-refractivity contribution in [2.24, 2.45) is 4.99 Å². The molecule has 0 saturated carbocycles. The SMILES string of the molecule is CCOC(=O)C1=C(C)N=c2s/c(=C/c3cc(C)n(-c4ccc(F)cc4)c3C)c(=O)n2[C@@H]1c1ccc(OC)c2ccccc12. The van der Waals surface area contributed by atoms with Crippen LogP contribution >= 0.6 is 11.3 Å². The van der Waals surface area contributed by atoms with Crippen LogP contribution in [0.3, 0.4) is 0 Å². The van der Waals surface area contributed by atoms with Crippen LogP contribution in [0, 0.1) is 19.7 Å². The number of nitrogens with zero attached hydrogens (tertiary/aromatic N) is 3. The third kappa shape index (κ3) is 4.79. The highest BCUT2D eigenvalue weighted by atomic mass is 32.1. The molecule has 43 heavy (non-hydrogen) atoms. The van der Waals surface area contributed by atoms with Crippen molar-refractivity contribution in [1.29, 1.82) is 0 Å². The van der Waals surface area contributed by atoms with Crippen LogP contribution in [-0.4, -0.2) is 28.8 Å². The number of rotatable bonds is 6. The quantitative estimate of drug-likeness (QED) is 0.243. The van der Waals surface area contributed by atoms with Crippen LogP contribution in [0.4, 0.5) is 4.39 Å². The molecule has 0 bridgehead atoms. The Morgan fingerprint density at radius 2 is 1.77 bits per heavy atom. The van der Waals surface area contributed by atoms with E-state index >= 15 is 0 Å². The lowest BCUT2D eigenvalue weighted by Gasteiger charge is -2.26. The van der Waals surface area contributed by atoms with Crippen LogP contribution in [0.5, 0.6) is 5.75 Å². The molecular formula is C34H30FN3O4S. The molecule has 218 valence electrons. The lowest BCUT2D eigenvalue weighted by molar-refractivity contribution is -0.139. The van der Waals surface area contributed by atoms with E-state index < -0.39 is 12.0 Å². The molecule has 0 amide bonds. The number of hydrogen-bond acceptors (Lipinski definition) is 6. The number of aryl methyl sites for hydroxylation is 1. The Balaban J connectivity index is 1.58. The van der Waals surface area contributed by atoms with Crippen LogP contribution < -0.4 is 19.6 Å². The summed E-state index contributed by atoms with van der Waals surface area (Å²) in [6.45, 7) is 7.66. The van der Waals surface area contributed by atoms with Crippen molar-refractivity contribution < 1.29 is 18.7 Å². The third-order valence-electron chi connectivity index (χ3n) is 7.79. The van der Waals surface area contributed by atoms with E-state index in [1.807, 2.05) is 67.0 Å². The molecule has 0 N–H and O–H groups in total. The smallest absolute Gasteiger partial charge is 0.338 e. The number of carbonyl (C=O) groups excluding carboxylic acids is 1. The largest absolute Gasteiger partial charge is 0.496 e. The average molecular weight is 596 g/mol. The maximum Gasteiger partial charge on any atom is 0.338 e. The number of allylic oxidation sites excluding steroid dienone is 1. The number of hydrogen-bond donors (Lipinski definition) is 0. The monoisotopic (exact) mass is 595 g/mol. The van der Waals surface area contributed by atoms with Crippen molar-refractivity contribution in [3.05, 3.63) is 126 Å². The van der Waals surface area contributed by atoms with Crippen LogP contribution in [0.15, 0.2) is 87.8 Å². The molecule has 2 aromatic heterocycles. The second-order valence-electron chi connectivity index (χ2n) is 10.3. The van der Waals surface area contributed by atoms with E-state index in [2.05, 4.69) is 0 Å². The van der Waals surface area contributed by atoms with Gasteiger partial charge in [0, 0.05) is 22.5 Å². The van der Waals surface area contributed by atoms with Gasteiger partial charge in [0.2, 0.25) is 0 Å². The first-order valence-corrected chi connectivity index (χ1v) is 14.7. The summed E-state index contributed by atoms with van der Waals surface area (Å²) in [4.78, 5) is 32.9. The van der Waals surface area contributed by atoms with Gasteiger partial charge in [0.25, 0.3) is 5.56 Å². The summed E-state index contributed by atoms with van der Waals surface area (Å²) >= 11 is 1.28. The summed E-state index contributed by atoms with van der Waals surface area (Å²) in [6, 6.07) is 19.1. The minimum atomic E-state index is -0.750. The first-order chi connectivity index (χ1) is 20.7. The second kappa shape index (κ2) is 11.1. The zero-order valence-electron chi connectivity index (χ0n) is 24.5. The molecule has 1 atom stereocenters. The fraction of sp³-hybridized carbons (Fsp3) is 0.206. The van der Waals surface area contributed by atoms with Gasteiger partial charge in [-0.25, -0.2) is 14.2 Å². The normalized spacial score (nSPS) is 15.0. The first kappa shape index (κ1) is 28.4. The minimum Gasteiger partial charge on any atom is -0.496 e. The molecule has 3 heterocycles. The molecule has 0 saturated heterocycles. The van der Waals surface area contributed by atoms with Gasteiger partial charge in [-0.1, -0.05) is 41.7 Å². The molecule has 0 fully saturated rings. The highest BCUT2D eigenvalue weighted by Crippen LogP contribution is 2.38. The highest BCUT2D eigenvalue weighted by Gasteiger charge is 2.34. The lowest BCUT2D eigenvalue weighted by atomic mass is 9.91. The Morgan fingerprint density at radius 1 is 1.05 bits per heavy atom. The third-order valence-corrected chi connectivity index (χ3v) is 8.77. The second-order valence-corrected chi connectivity index (χ2v) is 11.4. The van der Waals surface area contributed by atoms with Gasteiger partial charge in [-0.15, -0.1) is 0 Å². The zero-order chi connectivity index (χ0) is 30.4. The molecule has 0 unspecified atom stereocenters. The summed E-state index contributed by atoms with van der Waals surface area (Å²) in [5.41, 5.74) is 4.90. The van der Waals surface area contributed by atoms with E-state index in [1.54, 1.807) is 37.7 Å². The number of fused-ring (bicyclic) bond motifs is 2. The predicted molar refractivity (Wildman–Crippen MR) is 166 cm³/mol. The molecule has 6 rings (SSSR count). The van der Waals surface area contributed by atoms with E-state index in [-0.39, 0.29) is 18.0 Å². The number of carbonyl (C=O) groups is 1. The number of methoxy groups -OCH3 is 1. The molecule has 0 aliphatic carbocycles. The van der Waals surface area contributed by atoms with Crippen molar-refractivity contribution in [3.63, 3.8) is 0 Å². The van der Waals surface area contributed by atoms with Crippen molar-refractivity contribution in [3.8, 4) is 11.4 Å². The Bertz CT molecular complexity index is 2120. The fourth-order valence-electron chi connectivity index (χ4n) is 5.86. The van der Waals surface area contributed by atoms with Gasteiger partial charge in [-0.3, -0.25) is 9.36 Å². The summed E-state index contributed by atoms with van der Waals surface area (Å²) in [5.74, 6) is -0.114. The molecular weight excluding hydrogens is 565 g/mol. The van der Waals surface area contributed by atoms with E-state index in [9.17, 15) is 14.0 Å². The van der Waals surface area contributed by atoms with Crippen molar-refractivity contribution in [2.45, 2.75) is 33.7 Å². The van der Waals surface area contributed by atoms with Crippen molar-refractivity contribution >= 4 is 34.2 Å². The molecule has 3 aromatic carbocycles. The lowest BCUT2D eigenvalue weighted by Crippen LogP contribution is -2.40. The summed E-state index contributed by atoms with van der Waals surface area (Å²) in [5, 5.41) is 1.73. The number of aromatic nitrogens is 2. The van der Waals surface area contributed by atoms with Crippen LogP contribution in [0.2, 0.25) is 0 Å². The number of ether oxygens (including phenoxy) is 2. The number of benzene rings is 3. The number of halogens is 1. The minimum absolute atomic E-state index is 0.194. The maximum absolute atomic E-state index is 14.2. The van der Waals surface area contributed by atoms with Crippen LogP contribution in [-0.2, 0) is 9.53 Å². The predicted octanol–water partition coefficient (Wildman–Crippen LogP) is 5.51. The van der Waals surface area contributed by atoms with Gasteiger partial charge >= 0.3 is 5.97 Å². The van der Waals surface area contributed by atoms with Crippen LogP contribution in [0.25, 0.3) is 22.5 Å². The van der Waals surface area contributed by atoms with E-state index in [0.29, 0.717) is 26.4 Å². The maximum atomic E-state index is 14.2. The van der Waals surface area contributed by atoms with E-state index in [1.165, 1.54) is 23.5 Å². The Labute approximate surface area is 251 Å². The van der Waals surface area contributed by atoms with Crippen molar-refractivity contribution in [2.75, 3.05) is 13.7 Å². The summed E-state index contributed by atoms with van der Waals surface area (Å²) < 4.78 is 28.8. The van der Waals surface area contributed by atoms with Crippen molar-refractivity contribution in [1.82, 2.24) is 9.13 Å². The summed E-state index contributed by atoms with van der Waals surface area (Å²) in [6.07, 6.45) is 1.86. The van der Waals surface area contributed by atoms with Gasteiger partial charge in [0.05, 0.1) is 35.6 Å². The molecule has 9 heteroatoms. The molecule has 1 aliphatic heterocycles. The average Bonchev–Trinajstić information content (AvgIpc) is 3.45. The topological polar surface area (TPSA) is 74.8 Å². The molecule has 7 nitrogen and oxygen atoms in total. The van der Waals surface area contributed by atoms with E-state index in [4.69, 9.17) is 14.5 Å². The van der Waals surface area contributed by atoms with Crippen LogP contribution in [0.1, 0.15) is 42.4 Å². The standard InChI is InChI=1S/C34H30FN3O4S/c1-6-42-33(40)30-20(3)36-34-38(31(30)27-15-16-28(41-5)26-10-8-7-9-25(26)27)32(39)29(43-34)18-22-17-19(2)37(21(22)4)24-13-11-23(35)12-14-24/h7-18,31H,6H2,1-5H3/b29-18+/t31-/m1/s1. The molecule has 1 aliphatic rings. The Morgan fingerprint density at radius 3 is 2.47 bits per heavy atom. The molecule has 5 aromatic rings. The van der Waals surface area contributed by atoms with Gasteiger partial charge in [0.1, 0.15) is 11.6 Å². The van der Waals surface area contributed by atoms with Gasteiger partial charge < -0.3 is 14.0 Å². The Kier molecular flexibility index (Phi) is 7.35. The van der Waals surface area contributed by atoms with Gasteiger partial charge in [-0.05, 0) is 86.7 Å². The Hall–Kier alpha value is -4.76. The summed E-state index contributed by atoms with van der Waals surface area (Å²) in [7, 11) is 1.62. The fourth-order valence-corrected chi connectivity index (χ4v) is 6.90. The number of thiazole rings is 1. The first-order valence-electron chi connectivity index (χ1n) is 13.9. The molecule has 0 spiro atoms. The van der Waals surface area contributed by atoms with Gasteiger partial charge in [0.15, 0.2) is 4.80 Å². The van der Waals surface area contributed by atoms with Gasteiger partial charge in [-0.2, -0.15) is 0 Å².